The Kier molecular flexibility index (Phi) is 6.04. The first-order valence-corrected chi connectivity index (χ1v) is 9.78. The molecule has 0 aromatic rings. The van der Waals surface area contributed by atoms with Crippen molar-refractivity contribution in [3.8, 4) is 0 Å². The SMILES string of the molecule is C=CC(=C)CCC1C(C)CCC2C1(C)CCC(OC(C)=O)C2(C)C(=O)O. The Morgan fingerprint density at radius 1 is 1.27 bits per heavy atom. The van der Waals surface area contributed by atoms with Gasteiger partial charge in [0.25, 0.3) is 0 Å². The van der Waals surface area contributed by atoms with Crippen LogP contribution in [0.1, 0.15) is 66.2 Å². The molecule has 6 atom stereocenters. The van der Waals surface area contributed by atoms with Crippen LogP contribution in [0.4, 0.5) is 0 Å². The van der Waals surface area contributed by atoms with Crippen LogP contribution in [0, 0.1) is 28.6 Å². The molecule has 0 spiro atoms. The fourth-order valence-corrected chi connectivity index (χ4v) is 5.91. The third-order valence-corrected chi connectivity index (χ3v) is 7.41. The van der Waals surface area contributed by atoms with E-state index in [0.717, 1.165) is 37.7 Å². The van der Waals surface area contributed by atoms with Crippen LogP contribution in [0.15, 0.2) is 24.8 Å². The van der Waals surface area contributed by atoms with Crippen molar-refractivity contribution < 1.29 is 19.4 Å². The number of aliphatic carboxylic acids is 1. The molecule has 2 saturated carbocycles. The third kappa shape index (κ3) is 3.47. The van der Waals surface area contributed by atoms with Gasteiger partial charge in [0.05, 0.1) is 0 Å². The lowest BCUT2D eigenvalue weighted by molar-refractivity contribution is -0.201. The van der Waals surface area contributed by atoms with Crippen LogP contribution < -0.4 is 0 Å². The van der Waals surface area contributed by atoms with E-state index in [1.165, 1.54) is 6.92 Å². The standard InChI is InChI=1S/C22H34O4/c1-7-14(2)8-10-17-15(3)9-11-18-21(17,5)13-12-19(26-16(4)23)22(18,6)20(24)25/h7,15,17-19H,1-2,8-13H2,3-6H3,(H,24,25). The number of carbonyl (C=O) groups excluding carboxylic acids is 1. The van der Waals surface area contributed by atoms with Crippen LogP contribution in [0.5, 0.6) is 0 Å². The quantitative estimate of drug-likeness (QED) is 0.534. The summed E-state index contributed by atoms with van der Waals surface area (Å²) in [6, 6.07) is 0. The van der Waals surface area contributed by atoms with Crippen LogP contribution in [0.25, 0.3) is 0 Å². The monoisotopic (exact) mass is 362 g/mol. The molecule has 0 bridgehead atoms. The van der Waals surface area contributed by atoms with Crippen LogP contribution >= 0.6 is 0 Å². The van der Waals surface area contributed by atoms with E-state index in [4.69, 9.17) is 4.74 Å². The summed E-state index contributed by atoms with van der Waals surface area (Å²) in [5.74, 6) is -0.242. The van der Waals surface area contributed by atoms with Gasteiger partial charge in [0, 0.05) is 6.92 Å². The molecule has 2 aliphatic rings. The summed E-state index contributed by atoms with van der Waals surface area (Å²) in [5.41, 5.74) is -0.0624. The van der Waals surface area contributed by atoms with E-state index in [1.54, 1.807) is 6.92 Å². The highest BCUT2D eigenvalue weighted by atomic mass is 16.5. The summed E-state index contributed by atoms with van der Waals surface area (Å²) in [5, 5.41) is 10.1. The molecular formula is C22H34O4. The van der Waals surface area contributed by atoms with Gasteiger partial charge in [-0.1, -0.05) is 45.1 Å². The van der Waals surface area contributed by atoms with Crippen molar-refractivity contribution >= 4 is 11.9 Å². The average molecular weight is 363 g/mol. The Balaban J connectivity index is 2.37. The molecular weight excluding hydrogens is 328 g/mol. The molecule has 0 amide bonds. The number of hydrogen-bond donors (Lipinski definition) is 1. The van der Waals surface area contributed by atoms with Crippen molar-refractivity contribution in [2.75, 3.05) is 0 Å². The van der Waals surface area contributed by atoms with Gasteiger partial charge in [0.15, 0.2) is 0 Å². The lowest BCUT2D eigenvalue weighted by atomic mass is 9.45. The predicted molar refractivity (Wildman–Crippen MR) is 103 cm³/mol. The summed E-state index contributed by atoms with van der Waals surface area (Å²) in [7, 11) is 0. The first kappa shape index (κ1) is 20.7. The largest absolute Gasteiger partial charge is 0.481 e. The van der Waals surface area contributed by atoms with Gasteiger partial charge in [-0.15, -0.1) is 0 Å². The highest BCUT2D eigenvalue weighted by molar-refractivity contribution is 5.77. The van der Waals surface area contributed by atoms with Crippen LogP contribution in [-0.2, 0) is 14.3 Å². The molecule has 0 radical (unpaired) electrons. The number of carboxylic acid groups (broad SMARTS) is 1. The molecule has 4 nitrogen and oxygen atoms in total. The third-order valence-electron chi connectivity index (χ3n) is 7.41. The molecule has 2 aliphatic carbocycles. The number of fused-ring (bicyclic) bond motifs is 1. The lowest BCUT2D eigenvalue weighted by Gasteiger charge is -2.60. The minimum absolute atomic E-state index is 0.00352. The van der Waals surface area contributed by atoms with Gasteiger partial charge in [-0.2, -0.15) is 0 Å². The Hall–Kier alpha value is -1.58. The van der Waals surface area contributed by atoms with E-state index in [2.05, 4.69) is 27.0 Å². The van der Waals surface area contributed by atoms with Crippen molar-refractivity contribution in [2.24, 2.45) is 28.6 Å². The normalized spacial score (nSPS) is 39.5. The number of carbonyl (C=O) groups is 2. The lowest BCUT2D eigenvalue weighted by Crippen LogP contribution is -2.60. The zero-order chi connectivity index (χ0) is 19.7. The van der Waals surface area contributed by atoms with Gasteiger partial charge in [0.1, 0.15) is 11.5 Å². The minimum Gasteiger partial charge on any atom is -0.481 e. The number of hydrogen-bond acceptors (Lipinski definition) is 3. The molecule has 0 aromatic carbocycles. The van der Waals surface area contributed by atoms with E-state index in [1.807, 2.05) is 6.08 Å². The number of rotatable bonds is 6. The Bertz CT molecular complexity index is 595. The number of ether oxygens (including phenoxy) is 1. The van der Waals surface area contributed by atoms with Gasteiger partial charge in [-0.25, -0.2) is 0 Å². The molecule has 0 aromatic heterocycles. The molecule has 2 fully saturated rings. The maximum atomic E-state index is 12.3. The Labute approximate surface area is 157 Å². The van der Waals surface area contributed by atoms with Crippen LogP contribution in [-0.4, -0.2) is 23.1 Å². The van der Waals surface area contributed by atoms with E-state index in [-0.39, 0.29) is 11.3 Å². The van der Waals surface area contributed by atoms with Crippen LogP contribution in [0.3, 0.4) is 0 Å². The molecule has 0 aliphatic heterocycles. The highest BCUT2D eigenvalue weighted by Gasteiger charge is 2.62. The maximum Gasteiger partial charge on any atom is 0.313 e. The fourth-order valence-electron chi connectivity index (χ4n) is 5.91. The second kappa shape index (κ2) is 7.58. The zero-order valence-electron chi connectivity index (χ0n) is 16.7. The second-order valence-electron chi connectivity index (χ2n) is 8.85. The highest BCUT2D eigenvalue weighted by Crippen LogP contribution is 2.62. The topological polar surface area (TPSA) is 63.6 Å². The molecule has 1 N–H and O–H groups in total. The molecule has 2 rings (SSSR count). The summed E-state index contributed by atoms with van der Waals surface area (Å²) >= 11 is 0. The smallest absolute Gasteiger partial charge is 0.313 e. The van der Waals surface area contributed by atoms with Crippen molar-refractivity contribution in [1.82, 2.24) is 0 Å². The molecule has 26 heavy (non-hydrogen) atoms. The van der Waals surface area contributed by atoms with Crippen molar-refractivity contribution in [3.05, 3.63) is 24.8 Å². The summed E-state index contributed by atoms with van der Waals surface area (Å²) in [4.78, 5) is 23.9. The zero-order valence-corrected chi connectivity index (χ0v) is 16.7. The molecule has 4 heteroatoms. The fraction of sp³-hybridized carbons (Fsp3) is 0.727. The first-order valence-electron chi connectivity index (χ1n) is 9.78. The number of carboxylic acids is 1. The number of allylic oxidation sites excluding steroid dienone is 2. The molecule has 146 valence electrons. The van der Waals surface area contributed by atoms with Crippen molar-refractivity contribution in [1.29, 1.82) is 0 Å². The van der Waals surface area contributed by atoms with E-state index >= 15 is 0 Å². The van der Waals surface area contributed by atoms with Crippen molar-refractivity contribution in [2.45, 2.75) is 72.3 Å². The molecule has 6 unspecified atom stereocenters. The van der Waals surface area contributed by atoms with Gasteiger partial charge in [-0.05, 0) is 62.2 Å². The van der Waals surface area contributed by atoms with Crippen LogP contribution in [0.2, 0.25) is 0 Å². The van der Waals surface area contributed by atoms with Gasteiger partial charge in [0.2, 0.25) is 0 Å². The van der Waals surface area contributed by atoms with E-state index in [9.17, 15) is 14.7 Å². The van der Waals surface area contributed by atoms with Gasteiger partial charge in [-0.3, -0.25) is 9.59 Å². The number of esters is 1. The van der Waals surface area contributed by atoms with Gasteiger partial charge >= 0.3 is 11.9 Å². The van der Waals surface area contributed by atoms with Gasteiger partial charge < -0.3 is 9.84 Å². The van der Waals surface area contributed by atoms with E-state index in [0.29, 0.717) is 18.3 Å². The average Bonchev–Trinajstić information content (AvgIpc) is 2.56. The molecule has 0 saturated heterocycles. The summed E-state index contributed by atoms with van der Waals surface area (Å²) < 4.78 is 5.49. The molecule has 0 heterocycles. The summed E-state index contributed by atoms with van der Waals surface area (Å²) in [6.45, 7) is 15.6. The minimum atomic E-state index is -1.04. The predicted octanol–water partition coefficient (Wildman–Crippen LogP) is 4.99. The first-order chi connectivity index (χ1) is 12.1. The van der Waals surface area contributed by atoms with Crippen molar-refractivity contribution in [3.63, 3.8) is 0 Å². The Morgan fingerprint density at radius 2 is 1.92 bits per heavy atom. The maximum absolute atomic E-state index is 12.3. The Morgan fingerprint density at radius 3 is 2.46 bits per heavy atom. The van der Waals surface area contributed by atoms with E-state index < -0.39 is 23.5 Å². The second-order valence-corrected chi connectivity index (χ2v) is 8.85. The summed E-state index contributed by atoms with van der Waals surface area (Å²) in [6.07, 6.45) is 6.57.